The highest BCUT2D eigenvalue weighted by Gasteiger charge is 2.38. The number of ether oxygens (including phenoxy) is 1. The van der Waals surface area contributed by atoms with Crippen LogP contribution in [-0.4, -0.2) is 70.3 Å². The minimum absolute atomic E-state index is 0.0172. The molecule has 0 radical (unpaired) electrons. The Hall–Kier alpha value is -3.97. The maximum Gasteiger partial charge on any atom is 0.417 e. The number of hydrogen-bond acceptors (Lipinski definition) is 8. The molecule has 1 atom stereocenters. The van der Waals surface area contributed by atoms with Gasteiger partial charge in [0.25, 0.3) is 0 Å². The summed E-state index contributed by atoms with van der Waals surface area (Å²) in [5.41, 5.74) is 0.568. The monoisotopic (exact) mass is 563 g/mol. The molecule has 2 aliphatic heterocycles. The Labute approximate surface area is 229 Å². The molecule has 11 nitrogen and oxygen atoms in total. The van der Waals surface area contributed by atoms with Gasteiger partial charge in [-0.25, -0.2) is 4.79 Å². The Morgan fingerprint density at radius 2 is 1.77 bits per heavy atom. The van der Waals surface area contributed by atoms with Gasteiger partial charge in [0.1, 0.15) is 12.3 Å². The number of pyridine rings is 1. The van der Waals surface area contributed by atoms with Crippen molar-refractivity contribution in [3.63, 3.8) is 0 Å². The van der Waals surface area contributed by atoms with E-state index in [0.717, 1.165) is 17.2 Å². The van der Waals surface area contributed by atoms with E-state index in [4.69, 9.17) is 16.0 Å². The van der Waals surface area contributed by atoms with Gasteiger partial charge >= 0.3 is 12.3 Å². The van der Waals surface area contributed by atoms with Crippen molar-refractivity contribution >= 4 is 35.0 Å². The van der Waals surface area contributed by atoms with E-state index in [1.807, 2.05) is 0 Å². The molecule has 1 aliphatic carbocycles. The highest BCUT2D eigenvalue weighted by Crippen LogP contribution is 2.33. The van der Waals surface area contributed by atoms with E-state index in [1.54, 1.807) is 25.7 Å². The van der Waals surface area contributed by atoms with Crippen LogP contribution in [0.25, 0.3) is 0 Å². The molecule has 1 saturated carbocycles. The number of hydrazone groups is 1. The number of nitrogens with zero attached hydrogens (tertiary/aromatic N) is 4. The third kappa shape index (κ3) is 6.26. The van der Waals surface area contributed by atoms with Crippen LogP contribution in [0.5, 0.6) is 0 Å². The minimum atomic E-state index is -4.67. The number of halogens is 3. The highest BCUT2D eigenvalue weighted by atomic mass is 19.4. The van der Waals surface area contributed by atoms with Crippen molar-refractivity contribution in [2.24, 2.45) is 22.3 Å². The van der Waals surface area contributed by atoms with Crippen LogP contribution in [0.3, 0.4) is 0 Å². The summed E-state index contributed by atoms with van der Waals surface area (Å²) in [5, 5.41) is 14.0. The average Bonchev–Trinajstić information content (AvgIpc) is 3.46. The molecule has 0 saturated heterocycles. The van der Waals surface area contributed by atoms with E-state index < -0.39 is 35.8 Å². The van der Waals surface area contributed by atoms with Crippen molar-refractivity contribution in [3.05, 3.63) is 34.7 Å². The number of hydrogen-bond donors (Lipinski definition) is 3. The zero-order valence-electron chi connectivity index (χ0n) is 22.5. The fraction of sp³-hybridized carbons (Fsp3) is 0.538. The molecular formula is C26H32F3N7O4. The van der Waals surface area contributed by atoms with Gasteiger partial charge < -0.3 is 31.1 Å². The van der Waals surface area contributed by atoms with Crippen LogP contribution in [0.4, 0.5) is 23.7 Å². The second kappa shape index (κ2) is 10.9. The zero-order valence-corrected chi connectivity index (χ0v) is 22.5. The Morgan fingerprint density at radius 3 is 2.35 bits per heavy atom. The molecule has 40 heavy (non-hydrogen) atoms. The Morgan fingerprint density at radius 1 is 1.15 bits per heavy atom. The van der Waals surface area contributed by atoms with E-state index in [0.29, 0.717) is 50.0 Å². The van der Waals surface area contributed by atoms with Crippen molar-refractivity contribution in [1.82, 2.24) is 14.8 Å². The molecule has 1 aromatic rings. The van der Waals surface area contributed by atoms with Crippen molar-refractivity contribution in [1.29, 1.82) is 5.41 Å². The quantitative estimate of drug-likeness (QED) is 0.290. The van der Waals surface area contributed by atoms with Crippen LogP contribution in [0.15, 0.2) is 28.5 Å². The van der Waals surface area contributed by atoms with Gasteiger partial charge in [0, 0.05) is 50.1 Å². The Bertz CT molecular complexity index is 1280. The minimum Gasteiger partial charge on any atom is -0.443 e. The molecule has 0 aromatic carbocycles. The van der Waals surface area contributed by atoms with Crippen molar-refractivity contribution in [2.75, 3.05) is 31.5 Å². The normalized spacial score (nSPS) is 20.7. The first-order valence-corrected chi connectivity index (χ1v) is 12.8. The molecule has 0 spiro atoms. The second-order valence-corrected chi connectivity index (χ2v) is 11.2. The summed E-state index contributed by atoms with van der Waals surface area (Å²) in [5.74, 6) is 4.52. The number of nitrogens with one attached hydrogen (secondary N) is 2. The molecule has 3 aliphatic rings. The summed E-state index contributed by atoms with van der Waals surface area (Å²) in [7, 11) is 0. The third-order valence-corrected chi connectivity index (χ3v) is 7.19. The van der Waals surface area contributed by atoms with Gasteiger partial charge in [-0.1, -0.05) is 20.8 Å². The topological polar surface area (TPSA) is 154 Å². The van der Waals surface area contributed by atoms with E-state index >= 15 is 0 Å². The smallest absolute Gasteiger partial charge is 0.417 e. The van der Waals surface area contributed by atoms with E-state index in [1.165, 1.54) is 4.90 Å². The standard InChI is InChI=1S/C26H32F3N7O4/c1-25(2,3)23(38)33-20-7-17(26(27,28)29)8-32-21(20)13-40-24(39)36-11-15-9-35(10-16(15)12-36)22(37)14-4-5-18(30)19(6-14)34-31/h7-8,14,30H,4-6,9-13,31H2,1-3H3,(H,33,38)/t14-/m1/s1. The van der Waals surface area contributed by atoms with Gasteiger partial charge in [0.2, 0.25) is 11.8 Å². The molecule has 4 N–H and O–H groups in total. The predicted octanol–water partition coefficient (Wildman–Crippen LogP) is 3.31. The Kier molecular flexibility index (Phi) is 7.90. The molecule has 0 unspecified atom stereocenters. The summed E-state index contributed by atoms with van der Waals surface area (Å²) in [6.45, 7) is 5.69. The third-order valence-electron chi connectivity index (χ3n) is 7.19. The number of nitrogens with two attached hydrogens (primary N) is 1. The van der Waals surface area contributed by atoms with Crippen LogP contribution in [0.2, 0.25) is 0 Å². The molecule has 1 aromatic heterocycles. The molecule has 3 amide bonds. The lowest BCUT2D eigenvalue weighted by atomic mass is 9.85. The molecule has 4 rings (SSSR count). The molecular weight excluding hydrogens is 531 g/mol. The van der Waals surface area contributed by atoms with Crippen molar-refractivity contribution in [3.8, 4) is 0 Å². The number of rotatable bonds is 4. The molecule has 0 bridgehead atoms. The summed E-state index contributed by atoms with van der Waals surface area (Å²) in [4.78, 5) is 45.3. The fourth-order valence-corrected chi connectivity index (χ4v) is 4.79. The number of carbonyl (C=O) groups excluding carboxylic acids is 3. The lowest BCUT2D eigenvalue weighted by Gasteiger charge is -2.29. The largest absolute Gasteiger partial charge is 0.443 e. The maximum atomic E-state index is 13.2. The first-order valence-electron chi connectivity index (χ1n) is 12.8. The van der Waals surface area contributed by atoms with Crippen LogP contribution in [0.1, 0.15) is 51.3 Å². The summed E-state index contributed by atoms with van der Waals surface area (Å²) in [6.07, 6.45) is -3.37. The van der Waals surface area contributed by atoms with E-state index in [2.05, 4.69) is 15.4 Å². The van der Waals surface area contributed by atoms with Gasteiger partial charge in [0.05, 0.1) is 22.7 Å². The van der Waals surface area contributed by atoms with Crippen LogP contribution in [-0.2, 0) is 27.1 Å². The van der Waals surface area contributed by atoms with Crippen LogP contribution < -0.4 is 11.2 Å². The first kappa shape index (κ1) is 29.0. The first-order chi connectivity index (χ1) is 18.7. The van der Waals surface area contributed by atoms with Crippen LogP contribution >= 0.6 is 0 Å². The second-order valence-electron chi connectivity index (χ2n) is 11.2. The molecule has 216 valence electrons. The average molecular weight is 564 g/mol. The summed E-state index contributed by atoms with van der Waals surface area (Å²) >= 11 is 0. The number of alkyl halides is 3. The van der Waals surface area contributed by atoms with Gasteiger partial charge in [-0.3, -0.25) is 14.6 Å². The molecule has 1 fully saturated rings. The van der Waals surface area contributed by atoms with E-state index in [-0.39, 0.29) is 36.3 Å². The van der Waals surface area contributed by atoms with Crippen molar-refractivity contribution in [2.45, 2.75) is 52.8 Å². The van der Waals surface area contributed by atoms with Gasteiger partial charge in [-0.15, -0.1) is 0 Å². The maximum absolute atomic E-state index is 13.2. The zero-order chi connectivity index (χ0) is 29.4. The molecule has 14 heteroatoms. The van der Waals surface area contributed by atoms with Gasteiger partial charge in [-0.05, 0) is 30.1 Å². The lowest BCUT2D eigenvalue weighted by molar-refractivity contribution is -0.138. The Balaban J connectivity index is 1.34. The highest BCUT2D eigenvalue weighted by molar-refractivity contribution is 6.42. The SMILES string of the molecule is CC(C)(C)C(=O)Nc1cc(C(F)(F)F)cnc1COC(=O)N1CC2=C(C1)CN(C(=O)[C@@H]1CCC(=N)C(=NN)C1)C2. The van der Waals surface area contributed by atoms with E-state index in [9.17, 15) is 27.6 Å². The molecule has 3 heterocycles. The lowest BCUT2D eigenvalue weighted by Crippen LogP contribution is -2.41. The summed E-state index contributed by atoms with van der Waals surface area (Å²) in [6, 6.07) is 0.773. The van der Waals surface area contributed by atoms with Crippen LogP contribution in [0, 0.1) is 16.7 Å². The predicted molar refractivity (Wildman–Crippen MR) is 139 cm³/mol. The number of anilines is 1. The van der Waals surface area contributed by atoms with Gasteiger partial charge in [-0.2, -0.15) is 18.3 Å². The van der Waals surface area contributed by atoms with Gasteiger partial charge in [0.15, 0.2) is 0 Å². The van der Waals surface area contributed by atoms with Crippen molar-refractivity contribution < 1.29 is 32.3 Å². The fourth-order valence-electron chi connectivity index (χ4n) is 4.79. The summed E-state index contributed by atoms with van der Waals surface area (Å²) < 4.78 is 45.1. The number of carbonyl (C=O) groups is 3. The number of aromatic nitrogens is 1. The number of amides is 3.